The zero-order valence-electron chi connectivity index (χ0n) is 29.9. The second kappa shape index (κ2) is 13.9. The van der Waals surface area contributed by atoms with Crippen molar-refractivity contribution in [2.75, 3.05) is 4.90 Å². The van der Waals surface area contributed by atoms with E-state index in [1.807, 2.05) is 0 Å². The maximum absolute atomic E-state index is 2.47. The third kappa shape index (κ3) is 6.08. The van der Waals surface area contributed by atoms with E-state index in [4.69, 9.17) is 0 Å². The van der Waals surface area contributed by atoms with Crippen LogP contribution in [0, 0.1) is 6.92 Å². The molecule has 0 aliphatic heterocycles. The smallest absolute Gasteiger partial charge is 0.0465 e. The number of anilines is 3. The fourth-order valence-corrected chi connectivity index (χ4v) is 8.37. The second-order valence-corrected chi connectivity index (χ2v) is 14.0. The summed E-state index contributed by atoms with van der Waals surface area (Å²) in [6.07, 6.45) is 13.5. The largest absolute Gasteiger partial charge is 0.310 e. The van der Waals surface area contributed by atoms with Gasteiger partial charge in [0.1, 0.15) is 0 Å². The van der Waals surface area contributed by atoms with Crippen molar-refractivity contribution in [3.05, 3.63) is 197 Å². The second-order valence-electron chi connectivity index (χ2n) is 14.0. The lowest BCUT2D eigenvalue weighted by molar-refractivity contribution is 0.490. The minimum Gasteiger partial charge on any atom is -0.310 e. The van der Waals surface area contributed by atoms with E-state index in [0.717, 1.165) is 25.7 Å². The number of aryl methyl sites for hydroxylation is 1. The van der Waals surface area contributed by atoms with E-state index in [1.165, 1.54) is 78.3 Å². The van der Waals surface area contributed by atoms with Crippen LogP contribution in [0.25, 0.3) is 33.9 Å². The highest BCUT2D eigenvalue weighted by Gasteiger charge is 2.41. The van der Waals surface area contributed by atoms with Gasteiger partial charge in [-0.25, -0.2) is 0 Å². The number of hydrogen-bond donors (Lipinski definition) is 0. The highest BCUT2D eigenvalue weighted by molar-refractivity contribution is 5.87. The molecule has 1 heteroatoms. The molecule has 0 atom stereocenters. The molecule has 0 saturated carbocycles. The Labute approximate surface area is 304 Å². The van der Waals surface area contributed by atoms with Gasteiger partial charge in [-0.1, -0.05) is 153 Å². The van der Waals surface area contributed by atoms with Crippen LogP contribution in [-0.2, 0) is 5.41 Å². The molecule has 2 aliphatic rings. The van der Waals surface area contributed by atoms with E-state index in [9.17, 15) is 0 Å². The predicted molar refractivity (Wildman–Crippen MR) is 219 cm³/mol. The molecule has 51 heavy (non-hydrogen) atoms. The summed E-state index contributed by atoms with van der Waals surface area (Å²) < 4.78 is 0. The molecule has 0 heterocycles. The first-order valence-corrected chi connectivity index (χ1v) is 18.5. The molecule has 0 bridgehead atoms. The molecule has 0 unspecified atom stereocenters. The normalized spacial score (nSPS) is 14.5. The van der Waals surface area contributed by atoms with Crippen LogP contribution < -0.4 is 4.90 Å². The van der Waals surface area contributed by atoms with E-state index in [0.29, 0.717) is 0 Å². The lowest BCUT2D eigenvalue weighted by Gasteiger charge is -2.32. The van der Waals surface area contributed by atoms with Gasteiger partial charge in [-0.3, -0.25) is 0 Å². The van der Waals surface area contributed by atoms with Crippen molar-refractivity contribution in [1.29, 1.82) is 0 Å². The van der Waals surface area contributed by atoms with E-state index >= 15 is 0 Å². The Morgan fingerprint density at radius 1 is 0.529 bits per heavy atom. The summed E-state index contributed by atoms with van der Waals surface area (Å²) in [5, 5.41) is 0. The van der Waals surface area contributed by atoms with Gasteiger partial charge in [0.25, 0.3) is 0 Å². The summed E-state index contributed by atoms with van der Waals surface area (Å²) in [6.45, 7) is 6.91. The van der Waals surface area contributed by atoms with Crippen LogP contribution in [-0.4, -0.2) is 0 Å². The number of fused-ring (bicyclic) bond motifs is 3. The third-order valence-corrected chi connectivity index (χ3v) is 11.1. The van der Waals surface area contributed by atoms with Gasteiger partial charge in [-0.15, -0.1) is 0 Å². The lowest BCUT2D eigenvalue weighted by atomic mass is 9.73. The number of para-hydroxylation sites is 2. The molecule has 8 rings (SSSR count). The minimum atomic E-state index is -0.0321. The van der Waals surface area contributed by atoms with E-state index in [1.54, 1.807) is 0 Å². The number of hydrogen-bond acceptors (Lipinski definition) is 1. The molecule has 0 fully saturated rings. The van der Waals surface area contributed by atoms with E-state index in [2.05, 4.69) is 196 Å². The average Bonchev–Trinajstić information content (AvgIpc) is 3.47. The van der Waals surface area contributed by atoms with Crippen LogP contribution in [0.1, 0.15) is 67.3 Å². The van der Waals surface area contributed by atoms with Crippen molar-refractivity contribution >= 4 is 28.7 Å². The van der Waals surface area contributed by atoms with Crippen molar-refractivity contribution in [2.24, 2.45) is 0 Å². The van der Waals surface area contributed by atoms with Crippen molar-refractivity contribution in [1.82, 2.24) is 0 Å². The Bertz CT molecular complexity index is 2230. The molecule has 0 amide bonds. The minimum absolute atomic E-state index is 0.0321. The van der Waals surface area contributed by atoms with Crippen molar-refractivity contribution in [3.8, 4) is 22.3 Å². The van der Waals surface area contributed by atoms with E-state index in [-0.39, 0.29) is 5.41 Å². The molecule has 6 aromatic carbocycles. The monoisotopic (exact) mass is 659 g/mol. The third-order valence-electron chi connectivity index (χ3n) is 11.1. The van der Waals surface area contributed by atoms with Gasteiger partial charge in [-0.05, 0) is 125 Å². The van der Waals surface area contributed by atoms with Gasteiger partial charge < -0.3 is 4.90 Å². The van der Waals surface area contributed by atoms with Crippen molar-refractivity contribution in [3.63, 3.8) is 0 Å². The number of nitrogens with zero attached hydrogens (tertiary/aromatic N) is 1. The van der Waals surface area contributed by atoms with E-state index < -0.39 is 0 Å². The molecular formula is C50H45N. The molecule has 0 N–H and O–H groups in total. The van der Waals surface area contributed by atoms with Gasteiger partial charge in [0.2, 0.25) is 0 Å². The highest BCUT2D eigenvalue weighted by atomic mass is 15.1. The topological polar surface area (TPSA) is 3.24 Å². The lowest BCUT2D eigenvalue weighted by Crippen LogP contribution is -2.23. The molecule has 0 aromatic heterocycles. The zero-order chi connectivity index (χ0) is 34.8. The van der Waals surface area contributed by atoms with Crippen molar-refractivity contribution < 1.29 is 0 Å². The van der Waals surface area contributed by atoms with Crippen LogP contribution in [0.15, 0.2) is 169 Å². The molecule has 0 radical (unpaired) electrons. The summed E-state index contributed by atoms with van der Waals surface area (Å²) in [4.78, 5) is 2.38. The summed E-state index contributed by atoms with van der Waals surface area (Å²) in [7, 11) is 0. The maximum atomic E-state index is 2.47. The number of benzene rings is 6. The molecule has 2 aliphatic carbocycles. The summed E-state index contributed by atoms with van der Waals surface area (Å²) in [5.74, 6) is 0. The van der Waals surface area contributed by atoms with Crippen LogP contribution in [0.2, 0.25) is 0 Å². The molecule has 6 aromatic rings. The standard InChI is InChI=1S/C50H45N/c1-4-50(5-2)48-34-38(23-22-37-24-27-40(28-25-37)47-33-36(3)21-30-44(47)39-15-9-6-10-16-39)26-31-45(48)46-32-29-43(35-49(46)50)51(41-17-11-7-12-18-41)42-19-13-8-14-20-42/h6-24,26-27,29-35H,4-5,25,28H2,1-3H3/b23-22+. The van der Waals surface area contributed by atoms with Gasteiger partial charge >= 0.3 is 0 Å². The molecule has 250 valence electrons. The van der Waals surface area contributed by atoms with Gasteiger partial charge in [-0.2, -0.15) is 0 Å². The first kappa shape index (κ1) is 32.5. The van der Waals surface area contributed by atoms with Crippen molar-refractivity contribution in [2.45, 2.75) is 51.9 Å². The Balaban J connectivity index is 1.10. The van der Waals surface area contributed by atoms with Gasteiger partial charge in [0, 0.05) is 22.5 Å². The Morgan fingerprint density at radius 2 is 1.14 bits per heavy atom. The molecule has 1 nitrogen and oxygen atoms in total. The Morgan fingerprint density at radius 3 is 1.76 bits per heavy atom. The first-order chi connectivity index (χ1) is 25.1. The van der Waals surface area contributed by atoms with Crippen LogP contribution in [0.5, 0.6) is 0 Å². The summed E-state index contributed by atoms with van der Waals surface area (Å²) in [5.41, 5.74) is 18.4. The quantitative estimate of drug-likeness (QED) is 0.149. The predicted octanol–water partition coefficient (Wildman–Crippen LogP) is 14.0. The first-order valence-electron chi connectivity index (χ1n) is 18.5. The van der Waals surface area contributed by atoms with Gasteiger partial charge in [0.15, 0.2) is 0 Å². The summed E-state index contributed by atoms with van der Waals surface area (Å²) in [6, 6.07) is 53.3. The average molecular weight is 660 g/mol. The maximum Gasteiger partial charge on any atom is 0.0465 e. The molecule has 0 spiro atoms. The zero-order valence-corrected chi connectivity index (χ0v) is 29.9. The number of rotatable bonds is 9. The fraction of sp³-hybridized carbons (Fsp3) is 0.160. The van der Waals surface area contributed by atoms with Gasteiger partial charge in [0.05, 0.1) is 0 Å². The van der Waals surface area contributed by atoms with Crippen LogP contribution in [0.4, 0.5) is 17.1 Å². The molecule has 0 saturated heterocycles. The van der Waals surface area contributed by atoms with Crippen LogP contribution >= 0.6 is 0 Å². The molecular weight excluding hydrogens is 615 g/mol. The fourth-order valence-electron chi connectivity index (χ4n) is 8.37. The summed E-state index contributed by atoms with van der Waals surface area (Å²) >= 11 is 0. The highest BCUT2D eigenvalue weighted by Crippen LogP contribution is 2.54. The number of allylic oxidation sites excluding steroid dienone is 5. The Hall–Kier alpha value is -5.66. The SMILES string of the molecule is CCC1(CC)c2cc(/C=C/C3=CC=C(c4cc(C)ccc4-c4ccccc4)CC3)ccc2-c2ccc(N(c3ccccc3)c3ccccc3)cc21. The van der Waals surface area contributed by atoms with Crippen LogP contribution in [0.3, 0.4) is 0 Å². The Kier molecular flexibility index (Phi) is 8.88.